The van der Waals surface area contributed by atoms with Crippen LogP contribution in [0.4, 0.5) is 13.2 Å². The SMILES string of the molecule is CC=CC1CCC(c2ccc(-c3ccc(-c4ccc(CCCCC)c(F)c4F)cc3)cc2F)CC1. The van der Waals surface area contributed by atoms with E-state index in [1.165, 1.54) is 0 Å². The highest BCUT2D eigenvalue weighted by molar-refractivity contribution is 5.71. The van der Waals surface area contributed by atoms with Crippen LogP contribution >= 0.6 is 0 Å². The maximum Gasteiger partial charge on any atom is 0.166 e. The van der Waals surface area contributed by atoms with Crippen molar-refractivity contribution in [2.24, 2.45) is 5.92 Å². The fraction of sp³-hybridized carbons (Fsp3) is 0.375. The number of aryl methyl sites for hydroxylation is 1. The Balaban J connectivity index is 1.48. The molecule has 184 valence electrons. The molecule has 3 aromatic rings. The van der Waals surface area contributed by atoms with E-state index in [1.807, 2.05) is 24.3 Å². The summed E-state index contributed by atoms with van der Waals surface area (Å²) in [6, 6.07) is 16.1. The van der Waals surface area contributed by atoms with Gasteiger partial charge in [-0.3, -0.25) is 0 Å². The summed E-state index contributed by atoms with van der Waals surface area (Å²) in [5, 5.41) is 0. The average molecular weight is 477 g/mol. The van der Waals surface area contributed by atoms with E-state index in [4.69, 9.17) is 0 Å². The molecule has 0 bridgehead atoms. The lowest BCUT2D eigenvalue weighted by atomic mass is 9.78. The molecule has 3 aromatic carbocycles. The van der Waals surface area contributed by atoms with E-state index in [2.05, 4.69) is 26.0 Å². The van der Waals surface area contributed by atoms with Gasteiger partial charge in [0, 0.05) is 5.56 Å². The second kappa shape index (κ2) is 11.7. The highest BCUT2D eigenvalue weighted by Crippen LogP contribution is 2.38. The van der Waals surface area contributed by atoms with Crippen LogP contribution in [0.2, 0.25) is 0 Å². The summed E-state index contributed by atoms with van der Waals surface area (Å²) in [6.45, 7) is 4.14. The summed E-state index contributed by atoms with van der Waals surface area (Å²) in [5.74, 6) is -0.817. The molecule has 1 fully saturated rings. The smallest absolute Gasteiger partial charge is 0.166 e. The molecule has 0 aromatic heterocycles. The summed E-state index contributed by atoms with van der Waals surface area (Å²) < 4.78 is 44.4. The first-order valence-electron chi connectivity index (χ1n) is 13.0. The fourth-order valence-corrected chi connectivity index (χ4v) is 5.35. The normalized spacial score (nSPS) is 18.3. The highest BCUT2D eigenvalue weighted by Gasteiger charge is 2.23. The van der Waals surface area contributed by atoms with E-state index in [9.17, 15) is 8.78 Å². The van der Waals surface area contributed by atoms with Gasteiger partial charge in [0.2, 0.25) is 0 Å². The van der Waals surface area contributed by atoms with Gasteiger partial charge in [-0.05, 0) is 91.2 Å². The van der Waals surface area contributed by atoms with Crippen molar-refractivity contribution in [1.82, 2.24) is 0 Å². The second-order valence-corrected chi connectivity index (χ2v) is 9.81. The first kappa shape index (κ1) is 25.3. The third-order valence-electron chi connectivity index (χ3n) is 7.42. The molecular weight excluding hydrogens is 441 g/mol. The van der Waals surface area contributed by atoms with Gasteiger partial charge in [-0.25, -0.2) is 13.2 Å². The van der Waals surface area contributed by atoms with Crippen molar-refractivity contribution in [1.29, 1.82) is 0 Å². The highest BCUT2D eigenvalue weighted by atomic mass is 19.2. The van der Waals surface area contributed by atoms with Crippen LogP contribution in [0.25, 0.3) is 22.3 Å². The van der Waals surface area contributed by atoms with Gasteiger partial charge in [0.15, 0.2) is 11.6 Å². The van der Waals surface area contributed by atoms with Crippen molar-refractivity contribution < 1.29 is 13.2 Å². The van der Waals surface area contributed by atoms with E-state index in [0.717, 1.165) is 61.6 Å². The Morgan fingerprint density at radius 3 is 2.11 bits per heavy atom. The molecule has 1 saturated carbocycles. The topological polar surface area (TPSA) is 0 Å². The lowest BCUT2D eigenvalue weighted by molar-refractivity contribution is 0.368. The van der Waals surface area contributed by atoms with E-state index in [0.29, 0.717) is 23.5 Å². The molecule has 0 radical (unpaired) electrons. The third-order valence-corrected chi connectivity index (χ3v) is 7.42. The lowest BCUT2D eigenvalue weighted by Crippen LogP contribution is -2.12. The van der Waals surface area contributed by atoms with Crippen LogP contribution in [0, 0.1) is 23.4 Å². The van der Waals surface area contributed by atoms with Gasteiger partial charge < -0.3 is 0 Å². The number of rotatable bonds is 8. The standard InChI is InChI=1S/C32H35F3/c1-3-5-6-8-26-17-20-29(32(35)31(26)34)25-15-13-23(14-16-25)27-18-19-28(30(33)21-27)24-11-9-22(7-4-2)10-12-24/h4,7,13-22,24H,3,5-6,8-12H2,1-2H3. The predicted molar refractivity (Wildman–Crippen MR) is 140 cm³/mol. The van der Waals surface area contributed by atoms with Crippen molar-refractivity contribution in [3.8, 4) is 22.3 Å². The minimum absolute atomic E-state index is 0.159. The van der Waals surface area contributed by atoms with E-state index in [-0.39, 0.29) is 17.3 Å². The molecule has 4 rings (SSSR count). The Labute approximate surface area is 207 Å². The van der Waals surface area contributed by atoms with Crippen molar-refractivity contribution in [3.63, 3.8) is 0 Å². The molecule has 1 aliphatic rings. The molecule has 0 atom stereocenters. The molecule has 3 heteroatoms. The van der Waals surface area contributed by atoms with Crippen LogP contribution in [0.1, 0.15) is 75.8 Å². The molecule has 0 unspecified atom stereocenters. The number of allylic oxidation sites excluding steroid dienone is 2. The van der Waals surface area contributed by atoms with Crippen LogP contribution < -0.4 is 0 Å². The van der Waals surface area contributed by atoms with Gasteiger partial charge >= 0.3 is 0 Å². The maximum absolute atomic E-state index is 15.1. The quantitative estimate of drug-likeness (QED) is 0.224. The number of benzene rings is 3. The largest absolute Gasteiger partial charge is 0.207 e. The van der Waals surface area contributed by atoms with Gasteiger partial charge in [0.1, 0.15) is 5.82 Å². The van der Waals surface area contributed by atoms with Crippen molar-refractivity contribution in [2.45, 2.75) is 71.1 Å². The molecular formula is C32H35F3. The molecule has 1 aliphatic carbocycles. The Bertz CT molecular complexity index is 1150. The summed E-state index contributed by atoms with van der Waals surface area (Å²) in [4.78, 5) is 0. The van der Waals surface area contributed by atoms with Gasteiger partial charge in [0.25, 0.3) is 0 Å². The van der Waals surface area contributed by atoms with E-state index >= 15 is 4.39 Å². The molecule has 0 spiro atoms. The summed E-state index contributed by atoms with van der Waals surface area (Å²) >= 11 is 0. The zero-order valence-corrected chi connectivity index (χ0v) is 20.8. The van der Waals surface area contributed by atoms with Gasteiger partial charge in [-0.1, -0.05) is 80.4 Å². The minimum atomic E-state index is -0.800. The van der Waals surface area contributed by atoms with Crippen molar-refractivity contribution >= 4 is 0 Å². The Morgan fingerprint density at radius 1 is 0.771 bits per heavy atom. The zero-order valence-electron chi connectivity index (χ0n) is 20.8. The molecule has 0 N–H and O–H groups in total. The van der Waals surface area contributed by atoms with Crippen LogP contribution in [0.3, 0.4) is 0 Å². The minimum Gasteiger partial charge on any atom is -0.207 e. The van der Waals surface area contributed by atoms with Gasteiger partial charge in [-0.15, -0.1) is 0 Å². The monoisotopic (exact) mass is 476 g/mol. The Kier molecular flexibility index (Phi) is 8.49. The second-order valence-electron chi connectivity index (χ2n) is 9.81. The van der Waals surface area contributed by atoms with Crippen molar-refractivity contribution in [3.05, 3.63) is 95.3 Å². The lowest BCUT2D eigenvalue weighted by Gasteiger charge is -2.27. The van der Waals surface area contributed by atoms with E-state index in [1.54, 1.807) is 30.3 Å². The number of halogens is 3. The van der Waals surface area contributed by atoms with Crippen LogP contribution in [-0.2, 0) is 6.42 Å². The Morgan fingerprint density at radius 2 is 1.46 bits per heavy atom. The van der Waals surface area contributed by atoms with Crippen molar-refractivity contribution in [2.75, 3.05) is 0 Å². The van der Waals surface area contributed by atoms with E-state index < -0.39 is 11.6 Å². The first-order valence-corrected chi connectivity index (χ1v) is 13.0. The molecule has 0 aliphatic heterocycles. The maximum atomic E-state index is 15.1. The molecule has 0 nitrogen and oxygen atoms in total. The van der Waals surface area contributed by atoms with Crippen LogP contribution in [0.5, 0.6) is 0 Å². The number of unbranched alkanes of at least 4 members (excludes halogenated alkanes) is 2. The first-order chi connectivity index (χ1) is 17.0. The van der Waals surface area contributed by atoms with Crippen LogP contribution in [-0.4, -0.2) is 0 Å². The van der Waals surface area contributed by atoms with Gasteiger partial charge in [0.05, 0.1) is 0 Å². The average Bonchev–Trinajstić information content (AvgIpc) is 2.88. The zero-order chi connectivity index (χ0) is 24.8. The number of hydrogen-bond acceptors (Lipinski definition) is 0. The fourth-order valence-electron chi connectivity index (χ4n) is 5.35. The molecule has 0 amide bonds. The van der Waals surface area contributed by atoms with Crippen LogP contribution in [0.15, 0.2) is 66.7 Å². The summed E-state index contributed by atoms with van der Waals surface area (Å²) in [7, 11) is 0. The molecule has 35 heavy (non-hydrogen) atoms. The molecule has 0 saturated heterocycles. The van der Waals surface area contributed by atoms with Gasteiger partial charge in [-0.2, -0.15) is 0 Å². The molecule has 0 heterocycles. The Hall–Kier alpha value is -2.81. The third kappa shape index (κ3) is 5.89. The number of hydrogen-bond donors (Lipinski definition) is 0. The summed E-state index contributed by atoms with van der Waals surface area (Å²) in [5.41, 5.74) is 3.75. The predicted octanol–water partition coefficient (Wildman–Crippen LogP) is 10.0. The summed E-state index contributed by atoms with van der Waals surface area (Å²) in [6.07, 6.45) is 12.1.